The molecule has 0 saturated carbocycles. The Kier molecular flexibility index (Phi) is 5.78. The van der Waals surface area contributed by atoms with Crippen LogP contribution in [0, 0.1) is 13.8 Å². The molecule has 4 rings (SSSR count). The molecule has 1 aliphatic heterocycles. The number of rotatable bonds is 7. The van der Waals surface area contributed by atoms with Gasteiger partial charge < -0.3 is 18.8 Å². The van der Waals surface area contributed by atoms with Gasteiger partial charge in [-0.3, -0.25) is 9.59 Å². The summed E-state index contributed by atoms with van der Waals surface area (Å²) in [6.07, 6.45) is 1.65. The summed E-state index contributed by atoms with van der Waals surface area (Å²) in [5.41, 5.74) is 3.14. The van der Waals surface area contributed by atoms with Crippen molar-refractivity contribution in [1.29, 1.82) is 0 Å². The molecule has 32 heavy (non-hydrogen) atoms. The number of nitrogens with zero attached hydrogens (tertiary/aromatic N) is 1. The van der Waals surface area contributed by atoms with Gasteiger partial charge in [-0.15, -0.1) is 6.58 Å². The second kappa shape index (κ2) is 8.54. The summed E-state index contributed by atoms with van der Waals surface area (Å²) in [4.78, 5) is 28.6. The Hall–Kier alpha value is -3.54. The van der Waals surface area contributed by atoms with Crippen LogP contribution in [-0.2, 0) is 0 Å². The van der Waals surface area contributed by atoms with E-state index in [0.717, 1.165) is 16.7 Å². The maximum Gasteiger partial charge on any atom is 0.291 e. The predicted molar refractivity (Wildman–Crippen MR) is 124 cm³/mol. The second-order valence-electron chi connectivity index (χ2n) is 7.85. The Balaban J connectivity index is 1.98. The van der Waals surface area contributed by atoms with Crippen molar-refractivity contribution in [2.75, 3.05) is 19.8 Å². The van der Waals surface area contributed by atoms with Gasteiger partial charge in [-0.2, -0.15) is 0 Å². The summed E-state index contributed by atoms with van der Waals surface area (Å²) in [7, 11) is 0. The fourth-order valence-corrected chi connectivity index (χ4v) is 4.43. The predicted octanol–water partition coefficient (Wildman–Crippen LogP) is 4.94. The number of fused-ring (bicyclic) bond motifs is 2. The largest absolute Gasteiger partial charge is 0.490 e. The van der Waals surface area contributed by atoms with Crippen LogP contribution in [0.3, 0.4) is 0 Å². The zero-order valence-corrected chi connectivity index (χ0v) is 18.9. The smallest absolute Gasteiger partial charge is 0.291 e. The van der Waals surface area contributed by atoms with Gasteiger partial charge in [-0.25, -0.2) is 0 Å². The lowest BCUT2D eigenvalue weighted by Crippen LogP contribution is -2.29. The summed E-state index contributed by atoms with van der Waals surface area (Å²) in [5, 5.41) is 0.503. The number of carbonyl (C=O) groups is 1. The van der Waals surface area contributed by atoms with Gasteiger partial charge in [0.05, 0.1) is 30.2 Å². The van der Waals surface area contributed by atoms with E-state index in [0.29, 0.717) is 41.2 Å². The molecule has 0 fully saturated rings. The maximum atomic E-state index is 13.7. The molecule has 1 amide bonds. The Morgan fingerprint density at radius 1 is 1.06 bits per heavy atom. The molecule has 6 heteroatoms. The van der Waals surface area contributed by atoms with Crippen LogP contribution in [0.15, 0.2) is 52.2 Å². The summed E-state index contributed by atoms with van der Waals surface area (Å²) < 4.78 is 17.5. The van der Waals surface area contributed by atoms with Crippen molar-refractivity contribution in [3.63, 3.8) is 0 Å². The first kappa shape index (κ1) is 21.7. The highest BCUT2D eigenvalue weighted by Gasteiger charge is 2.42. The molecule has 0 saturated heterocycles. The zero-order chi connectivity index (χ0) is 23.0. The maximum absolute atomic E-state index is 13.7. The topological polar surface area (TPSA) is 69.0 Å². The third-order valence-electron chi connectivity index (χ3n) is 5.62. The van der Waals surface area contributed by atoms with Crippen LogP contribution in [0.1, 0.15) is 52.7 Å². The first-order valence-corrected chi connectivity index (χ1v) is 10.8. The minimum atomic E-state index is -0.605. The number of hydrogen-bond donors (Lipinski definition) is 0. The van der Waals surface area contributed by atoms with E-state index in [2.05, 4.69) is 6.58 Å². The average Bonchev–Trinajstić information content (AvgIpc) is 3.02. The van der Waals surface area contributed by atoms with E-state index in [-0.39, 0.29) is 23.6 Å². The highest BCUT2D eigenvalue weighted by molar-refractivity contribution is 5.99. The summed E-state index contributed by atoms with van der Waals surface area (Å²) in [6.45, 7) is 12.7. The first-order chi connectivity index (χ1) is 15.4. The van der Waals surface area contributed by atoms with E-state index < -0.39 is 6.04 Å². The van der Waals surface area contributed by atoms with Crippen molar-refractivity contribution in [2.45, 2.75) is 33.7 Å². The summed E-state index contributed by atoms with van der Waals surface area (Å²) >= 11 is 0. The highest BCUT2D eigenvalue weighted by Crippen LogP contribution is 2.41. The molecular formula is C26H27NO5. The van der Waals surface area contributed by atoms with Crippen molar-refractivity contribution in [3.8, 4) is 11.5 Å². The van der Waals surface area contributed by atoms with Gasteiger partial charge in [0.15, 0.2) is 16.9 Å². The van der Waals surface area contributed by atoms with E-state index >= 15 is 0 Å². The normalized spacial score (nSPS) is 15.2. The molecule has 166 valence electrons. The van der Waals surface area contributed by atoms with Crippen LogP contribution < -0.4 is 14.9 Å². The van der Waals surface area contributed by atoms with Crippen LogP contribution in [0.5, 0.6) is 11.5 Å². The van der Waals surface area contributed by atoms with E-state index in [1.807, 2.05) is 52.0 Å². The lowest BCUT2D eigenvalue weighted by atomic mass is 9.96. The molecule has 1 atom stereocenters. The third kappa shape index (κ3) is 3.45. The van der Waals surface area contributed by atoms with Gasteiger partial charge >= 0.3 is 0 Å². The van der Waals surface area contributed by atoms with Gasteiger partial charge in [0.1, 0.15) is 5.58 Å². The van der Waals surface area contributed by atoms with Crippen LogP contribution in [-0.4, -0.2) is 30.6 Å². The van der Waals surface area contributed by atoms with E-state index in [1.165, 1.54) is 0 Å². The number of amides is 1. The minimum Gasteiger partial charge on any atom is -0.490 e. The van der Waals surface area contributed by atoms with Crippen molar-refractivity contribution in [1.82, 2.24) is 4.90 Å². The molecule has 0 N–H and O–H groups in total. The Morgan fingerprint density at radius 2 is 1.78 bits per heavy atom. The second-order valence-corrected chi connectivity index (χ2v) is 7.85. The molecule has 0 aliphatic carbocycles. The van der Waals surface area contributed by atoms with Gasteiger partial charge in [0, 0.05) is 6.54 Å². The van der Waals surface area contributed by atoms with Crippen LogP contribution in [0.25, 0.3) is 11.0 Å². The van der Waals surface area contributed by atoms with Gasteiger partial charge in [0.25, 0.3) is 5.91 Å². The lowest BCUT2D eigenvalue weighted by molar-refractivity contribution is 0.0748. The molecule has 0 spiro atoms. The average molecular weight is 434 g/mol. The quantitative estimate of drug-likeness (QED) is 0.494. The fraction of sp³-hybridized carbons (Fsp3) is 0.308. The zero-order valence-electron chi connectivity index (χ0n) is 18.9. The molecule has 1 unspecified atom stereocenters. The molecule has 0 bridgehead atoms. The van der Waals surface area contributed by atoms with Crippen LogP contribution in [0.4, 0.5) is 0 Å². The van der Waals surface area contributed by atoms with E-state index in [1.54, 1.807) is 17.0 Å². The molecule has 3 aromatic rings. The summed E-state index contributed by atoms with van der Waals surface area (Å²) in [5.74, 6) is 0.958. The Labute approximate surface area is 187 Å². The van der Waals surface area contributed by atoms with Crippen LogP contribution >= 0.6 is 0 Å². The highest BCUT2D eigenvalue weighted by atomic mass is 16.5. The first-order valence-electron chi connectivity index (χ1n) is 10.8. The van der Waals surface area contributed by atoms with Crippen molar-refractivity contribution < 1.29 is 18.7 Å². The van der Waals surface area contributed by atoms with Crippen molar-refractivity contribution in [3.05, 3.63) is 81.2 Å². The number of carbonyl (C=O) groups excluding carboxylic acids is 1. The standard InChI is InChI=1S/C26H27NO5/c1-6-11-27-23(17-9-10-18(30-7-2)19(14-17)31-8-3)22-24(28)21-16(5)12-15(4)13-20(21)32-25(22)26(27)29/h6,9-10,12-14,23H,1,7-8,11H2,2-5H3. The molecule has 1 aliphatic rings. The molecule has 6 nitrogen and oxygen atoms in total. The molecule has 2 aromatic carbocycles. The van der Waals surface area contributed by atoms with Crippen molar-refractivity contribution in [2.24, 2.45) is 0 Å². The lowest BCUT2D eigenvalue weighted by Gasteiger charge is -2.24. The Bertz CT molecular complexity index is 1270. The van der Waals surface area contributed by atoms with Gasteiger partial charge in [-0.05, 0) is 62.6 Å². The number of aryl methyl sites for hydroxylation is 2. The monoisotopic (exact) mass is 433 g/mol. The van der Waals surface area contributed by atoms with Crippen LogP contribution in [0.2, 0.25) is 0 Å². The van der Waals surface area contributed by atoms with E-state index in [4.69, 9.17) is 13.9 Å². The van der Waals surface area contributed by atoms with Gasteiger partial charge in [-0.1, -0.05) is 18.2 Å². The molecular weight excluding hydrogens is 406 g/mol. The minimum absolute atomic E-state index is 0.0891. The SMILES string of the molecule is C=CCN1C(=O)c2oc3cc(C)cc(C)c3c(=O)c2C1c1ccc(OCC)c(OCC)c1. The number of ether oxygens (including phenoxy) is 2. The number of benzene rings is 2. The third-order valence-corrected chi connectivity index (χ3v) is 5.62. The fourth-order valence-electron chi connectivity index (χ4n) is 4.43. The summed E-state index contributed by atoms with van der Waals surface area (Å²) in [6, 6.07) is 8.66. The molecule has 2 heterocycles. The number of hydrogen-bond acceptors (Lipinski definition) is 5. The Morgan fingerprint density at radius 3 is 2.47 bits per heavy atom. The van der Waals surface area contributed by atoms with E-state index in [9.17, 15) is 9.59 Å². The van der Waals surface area contributed by atoms with Crippen molar-refractivity contribution >= 4 is 16.9 Å². The molecule has 1 aromatic heterocycles. The van der Waals surface area contributed by atoms with Gasteiger partial charge in [0.2, 0.25) is 5.76 Å². The molecule has 0 radical (unpaired) electrons.